The van der Waals surface area contributed by atoms with Crippen LogP contribution >= 0.6 is 34.3 Å². The van der Waals surface area contributed by atoms with Gasteiger partial charge in [0.15, 0.2) is 11.4 Å². The average Bonchev–Trinajstić information content (AvgIpc) is 3.36. The van der Waals surface area contributed by atoms with Crippen molar-refractivity contribution in [1.82, 2.24) is 19.9 Å². The molecule has 13 heteroatoms. The Kier molecular flexibility index (Phi) is 7.29. The predicted octanol–water partition coefficient (Wildman–Crippen LogP) is 4.88. The largest absolute Gasteiger partial charge is 0.369 e. The van der Waals surface area contributed by atoms with Crippen molar-refractivity contribution in [2.45, 2.75) is 32.5 Å². The lowest BCUT2D eigenvalue weighted by Crippen LogP contribution is -2.50. The fraction of sp³-hybridized carbons (Fsp3) is 0.450. The molecule has 178 valence electrons. The number of hydrogen-bond acceptors (Lipinski definition) is 10. The Bertz CT molecular complexity index is 1110. The maximum atomic E-state index is 13.2. The fourth-order valence-corrected chi connectivity index (χ4v) is 5.27. The van der Waals surface area contributed by atoms with Crippen molar-refractivity contribution in [2.75, 3.05) is 42.2 Å². The highest BCUT2D eigenvalue weighted by Gasteiger charge is 2.23. The van der Waals surface area contributed by atoms with Gasteiger partial charge in [-0.1, -0.05) is 22.9 Å². The summed E-state index contributed by atoms with van der Waals surface area (Å²) in [6.45, 7) is 6.72. The number of hydrogen-bond donors (Lipinski definition) is 3. The number of rotatable bonds is 7. The monoisotopic (exact) mass is 515 g/mol. The molecule has 0 saturated carbocycles. The molecule has 0 spiro atoms. The zero-order valence-corrected chi connectivity index (χ0v) is 20.6. The molecule has 4 rings (SSSR count). The second-order valence-corrected chi connectivity index (χ2v) is 10.4. The highest BCUT2D eigenvalue weighted by molar-refractivity contribution is 7.16. The van der Waals surface area contributed by atoms with E-state index in [1.807, 2.05) is 13.0 Å². The first kappa shape index (κ1) is 24.0. The number of aliphatic hydroxyl groups is 1. The molecular weight excluding hydrogens is 492 g/mol. The van der Waals surface area contributed by atoms with Gasteiger partial charge in [-0.3, -0.25) is 0 Å². The molecule has 3 N–H and O–H groups in total. The minimum Gasteiger partial charge on any atom is -0.369 e. The van der Waals surface area contributed by atoms with E-state index in [2.05, 4.69) is 49.4 Å². The van der Waals surface area contributed by atoms with E-state index in [1.165, 1.54) is 22.9 Å². The molecule has 2 unspecified atom stereocenters. The summed E-state index contributed by atoms with van der Waals surface area (Å²) >= 11 is 8.18. The molecule has 1 fully saturated rings. The summed E-state index contributed by atoms with van der Waals surface area (Å²) in [5, 5.41) is 18.1. The molecule has 0 aromatic carbocycles. The zero-order valence-electron chi connectivity index (χ0n) is 18.2. The van der Waals surface area contributed by atoms with Crippen molar-refractivity contribution < 1.29 is 13.9 Å². The summed E-state index contributed by atoms with van der Waals surface area (Å²) in [7, 11) is 2.12. The Balaban J connectivity index is 1.46. The summed E-state index contributed by atoms with van der Waals surface area (Å²) in [5.41, 5.74) is -0.210. The van der Waals surface area contributed by atoms with Gasteiger partial charge in [0.25, 0.3) is 6.43 Å². The number of piperazine rings is 1. The number of thiophene rings is 1. The third-order valence-corrected chi connectivity index (χ3v) is 7.63. The number of anilines is 4. The van der Waals surface area contributed by atoms with Crippen LogP contribution in [-0.2, 0) is 0 Å². The number of halogens is 3. The maximum absolute atomic E-state index is 13.2. The summed E-state index contributed by atoms with van der Waals surface area (Å²) in [6.07, 6.45) is -2.46. The Morgan fingerprint density at radius 3 is 2.82 bits per heavy atom. The van der Waals surface area contributed by atoms with Gasteiger partial charge in [0.1, 0.15) is 21.8 Å². The number of aryl methyl sites for hydroxylation is 1. The van der Waals surface area contributed by atoms with Crippen LogP contribution in [0.25, 0.3) is 0 Å². The molecule has 0 bridgehead atoms. The van der Waals surface area contributed by atoms with E-state index in [0.717, 1.165) is 36.8 Å². The van der Waals surface area contributed by atoms with Crippen LogP contribution in [0.5, 0.6) is 0 Å². The number of nitrogens with zero attached hydrogens (tertiary/aromatic N) is 5. The summed E-state index contributed by atoms with van der Waals surface area (Å²) < 4.78 is 26.5. The molecule has 8 nitrogen and oxygen atoms in total. The number of nitrogens with one attached hydrogen (secondary N) is 2. The van der Waals surface area contributed by atoms with Gasteiger partial charge >= 0.3 is 0 Å². The molecule has 0 aliphatic carbocycles. The Labute approximate surface area is 203 Å². The first-order valence-electron chi connectivity index (χ1n) is 10.2. The average molecular weight is 516 g/mol. The standard InChI is InChI=1S/C20H24ClF2N7OS2/c1-10-8-30(5-4-29(10)3)15-6-14(25-11(2)26-15)27-20-24-7-13(33-20)19(31)28-16-12(18(22)23)9-32-17(16)21/h6-7,9-10,18-19,28,31H,4-5,8H2,1-3H3,(H,24,25,26,27). The molecule has 3 aromatic rings. The lowest BCUT2D eigenvalue weighted by molar-refractivity contribution is 0.152. The van der Waals surface area contributed by atoms with Crippen LogP contribution in [0.3, 0.4) is 0 Å². The van der Waals surface area contributed by atoms with E-state index >= 15 is 0 Å². The molecule has 33 heavy (non-hydrogen) atoms. The van der Waals surface area contributed by atoms with E-state index in [1.54, 1.807) is 0 Å². The van der Waals surface area contributed by atoms with E-state index in [4.69, 9.17) is 11.6 Å². The fourth-order valence-electron chi connectivity index (χ4n) is 3.47. The summed E-state index contributed by atoms with van der Waals surface area (Å²) in [6, 6.07) is 2.30. The van der Waals surface area contributed by atoms with Crippen molar-refractivity contribution >= 4 is 56.7 Å². The summed E-state index contributed by atoms with van der Waals surface area (Å²) in [4.78, 5) is 18.3. The highest BCUT2D eigenvalue weighted by atomic mass is 35.5. The van der Waals surface area contributed by atoms with Crippen molar-refractivity contribution in [3.05, 3.63) is 38.2 Å². The molecule has 0 radical (unpaired) electrons. The maximum Gasteiger partial charge on any atom is 0.266 e. The minimum absolute atomic E-state index is 0.0320. The molecule has 0 amide bonds. The Hall–Kier alpha value is -2.12. The smallest absolute Gasteiger partial charge is 0.266 e. The van der Waals surface area contributed by atoms with Crippen LogP contribution in [0.1, 0.15) is 35.8 Å². The van der Waals surface area contributed by atoms with Gasteiger partial charge in [-0.05, 0) is 20.9 Å². The van der Waals surface area contributed by atoms with Gasteiger partial charge in [0, 0.05) is 43.3 Å². The number of aromatic nitrogens is 3. The normalized spacial score (nSPS) is 18.1. The number of likely N-dealkylation sites (N-methyl/N-ethyl adjacent to an activating group) is 1. The molecule has 1 aliphatic rings. The Morgan fingerprint density at radius 1 is 1.30 bits per heavy atom. The van der Waals surface area contributed by atoms with Crippen LogP contribution in [0.4, 0.5) is 31.2 Å². The second kappa shape index (κ2) is 10.0. The van der Waals surface area contributed by atoms with Gasteiger partial charge < -0.3 is 25.5 Å². The van der Waals surface area contributed by atoms with Crippen LogP contribution in [0.15, 0.2) is 17.6 Å². The molecule has 3 aromatic heterocycles. The lowest BCUT2D eigenvalue weighted by atomic mass is 10.2. The second-order valence-electron chi connectivity index (χ2n) is 7.81. The first-order chi connectivity index (χ1) is 15.7. The van der Waals surface area contributed by atoms with Gasteiger partial charge in [-0.25, -0.2) is 23.7 Å². The van der Waals surface area contributed by atoms with E-state index in [0.29, 0.717) is 27.7 Å². The summed E-state index contributed by atoms with van der Waals surface area (Å²) in [5.74, 6) is 2.06. The quantitative estimate of drug-likeness (QED) is 0.384. The van der Waals surface area contributed by atoms with E-state index in [-0.39, 0.29) is 15.6 Å². The van der Waals surface area contributed by atoms with E-state index < -0.39 is 12.7 Å². The molecule has 1 aliphatic heterocycles. The highest BCUT2D eigenvalue weighted by Crippen LogP contribution is 2.40. The van der Waals surface area contributed by atoms with Gasteiger partial charge in [-0.15, -0.1) is 11.3 Å². The van der Waals surface area contributed by atoms with Crippen molar-refractivity contribution in [2.24, 2.45) is 0 Å². The lowest BCUT2D eigenvalue weighted by Gasteiger charge is -2.38. The predicted molar refractivity (Wildman–Crippen MR) is 129 cm³/mol. The molecule has 2 atom stereocenters. The van der Waals surface area contributed by atoms with Crippen LogP contribution < -0.4 is 15.5 Å². The third kappa shape index (κ3) is 5.52. The van der Waals surface area contributed by atoms with Gasteiger partial charge in [0.2, 0.25) is 0 Å². The topological polar surface area (TPSA) is 89.4 Å². The van der Waals surface area contributed by atoms with Crippen molar-refractivity contribution in [1.29, 1.82) is 0 Å². The van der Waals surface area contributed by atoms with Gasteiger partial charge in [0.05, 0.1) is 16.1 Å². The molecule has 1 saturated heterocycles. The van der Waals surface area contributed by atoms with Crippen molar-refractivity contribution in [3.8, 4) is 0 Å². The van der Waals surface area contributed by atoms with Gasteiger partial charge in [-0.2, -0.15) is 0 Å². The minimum atomic E-state index is -2.69. The number of aliphatic hydroxyl groups excluding tert-OH is 1. The molecule has 4 heterocycles. The van der Waals surface area contributed by atoms with Crippen LogP contribution in [-0.4, -0.2) is 57.7 Å². The molecular formula is C20H24ClF2N7OS2. The van der Waals surface area contributed by atoms with Crippen LogP contribution in [0.2, 0.25) is 4.34 Å². The van der Waals surface area contributed by atoms with E-state index in [9.17, 15) is 13.9 Å². The third-order valence-electron chi connectivity index (χ3n) is 5.43. The Morgan fingerprint density at radius 2 is 2.09 bits per heavy atom. The first-order valence-corrected chi connectivity index (χ1v) is 12.3. The number of alkyl halides is 2. The van der Waals surface area contributed by atoms with Crippen molar-refractivity contribution in [3.63, 3.8) is 0 Å². The van der Waals surface area contributed by atoms with Crippen LogP contribution in [0, 0.1) is 6.92 Å². The number of thiazole rings is 1. The zero-order chi connectivity index (χ0) is 23.7. The SMILES string of the molecule is Cc1nc(Nc2ncc(C(O)Nc3c(C(F)F)csc3Cl)s2)cc(N2CCN(C)C(C)C2)n1.